The molecule has 1 aliphatic rings. The summed E-state index contributed by atoms with van der Waals surface area (Å²) in [5, 5.41) is 11.9. The second-order valence-electron chi connectivity index (χ2n) is 5.05. The molecular weight excluding hydrogens is 274 g/mol. The number of likely N-dealkylation sites (tertiary alicyclic amines) is 1. The quantitative estimate of drug-likeness (QED) is 0.925. The maximum atomic E-state index is 12.5. The fourth-order valence-corrected chi connectivity index (χ4v) is 3.58. The number of fused-ring (bicyclic) bond motifs is 1. The van der Waals surface area contributed by atoms with Crippen LogP contribution >= 0.6 is 11.3 Å². The van der Waals surface area contributed by atoms with Gasteiger partial charge in [0.25, 0.3) is 5.91 Å². The van der Waals surface area contributed by atoms with E-state index in [4.69, 9.17) is 5.11 Å². The summed E-state index contributed by atoms with van der Waals surface area (Å²) in [5.74, 6) is -1.04. The molecule has 0 spiro atoms. The Morgan fingerprint density at radius 3 is 2.60 bits per heavy atom. The largest absolute Gasteiger partial charge is 0.481 e. The average Bonchev–Trinajstić information content (AvgIpc) is 2.90. The molecule has 5 heteroatoms. The molecule has 1 aromatic carbocycles. The summed E-state index contributed by atoms with van der Waals surface area (Å²) < 4.78 is 1.11. The Kier molecular flexibility index (Phi) is 3.44. The zero-order valence-electron chi connectivity index (χ0n) is 10.9. The molecule has 0 radical (unpaired) electrons. The first-order chi connectivity index (χ1) is 9.66. The van der Waals surface area contributed by atoms with Crippen LogP contribution in [0, 0.1) is 5.92 Å². The SMILES string of the molecule is O=C(O)C1CCN(C(=O)c2csc3ccccc23)CC1. The third-order valence-corrected chi connectivity index (χ3v) is 4.81. The van der Waals surface area contributed by atoms with Crippen LogP contribution in [0.15, 0.2) is 29.6 Å². The number of piperidine rings is 1. The highest BCUT2D eigenvalue weighted by atomic mass is 32.1. The second kappa shape index (κ2) is 5.25. The van der Waals surface area contributed by atoms with E-state index in [1.165, 1.54) is 0 Å². The summed E-state index contributed by atoms with van der Waals surface area (Å²) in [4.78, 5) is 25.2. The second-order valence-corrected chi connectivity index (χ2v) is 5.96. The molecule has 4 nitrogen and oxygen atoms in total. The van der Waals surface area contributed by atoms with Gasteiger partial charge in [0.15, 0.2) is 0 Å². The summed E-state index contributed by atoms with van der Waals surface area (Å²) in [6, 6.07) is 7.87. The fraction of sp³-hybridized carbons (Fsp3) is 0.333. The van der Waals surface area contributed by atoms with Crippen molar-refractivity contribution in [3.63, 3.8) is 0 Å². The van der Waals surface area contributed by atoms with Crippen LogP contribution in [0.4, 0.5) is 0 Å². The molecule has 0 atom stereocenters. The van der Waals surface area contributed by atoms with E-state index in [9.17, 15) is 9.59 Å². The minimum absolute atomic E-state index is 0.0197. The third-order valence-electron chi connectivity index (χ3n) is 3.84. The van der Waals surface area contributed by atoms with Crippen molar-refractivity contribution < 1.29 is 14.7 Å². The Bertz CT molecular complexity index is 656. The summed E-state index contributed by atoms with van der Waals surface area (Å²) in [6.07, 6.45) is 1.09. The predicted octanol–water partition coefficient (Wildman–Crippen LogP) is 2.84. The highest BCUT2D eigenvalue weighted by Crippen LogP contribution is 2.28. The lowest BCUT2D eigenvalue weighted by Crippen LogP contribution is -2.40. The number of hydrogen-bond acceptors (Lipinski definition) is 3. The summed E-state index contributed by atoms with van der Waals surface area (Å²) >= 11 is 1.57. The molecule has 3 rings (SSSR count). The number of carbonyl (C=O) groups is 2. The van der Waals surface area contributed by atoms with Gasteiger partial charge in [-0.05, 0) is 18.9 Å². The van der Waals surface area contributed by atoms with Crippen LogP contribution in [-0.4, -0.2) is 35.0 Å². The van der Waals surface area contributed by atoms with Crippen molar-refractivity contribution in [2.24, 2.45) is 5.92 Å². The van der Waals surface area contributed by atoms with E-state index in [-0.39, 0.29) is 11.8 Å². The van der Waals surface area contributed by atoms with E-state index < -0.39 is 5.97 Å². The Hall–Kier alpha value is -1.88. The molecule has 0 aliphatic carbocycles. The molecule has 0 bridgehead atoms. The molecule has 2 aromatic rings. The van der Waals surface area contributed by atoms with E-state index >= 15 is 0 Å². The van der Waals surface area contributed by atoms with Crippen LogP contribution in [0.25, 0.3) is 10.1 Å². The number of thiophene rings is 1. The van der Waals surface area contributed by atoms with E-state index in [0.29, 0.717) is 25.9 Å². The lowest BCUT2D eigenvalue weighted by atomic mass is 9.96. The smallest absolute Gasteiger partial charge is 0.306 e. The van der Waals surface area contributed by atoms with Gasteiger partial charge in [-0.15, -0.1) is 11.3 Å². The van der Waals surface area contributed by atoms with Crippen molar-refractivity contribution in [1.29, 1.82) is 0 Å². The normalized spacial score (nSPS) is 16.5. The molecule has 1 amide bonds. The molecule has 0 saturated carbocycles. The molecule has 2 heterocycles. The average molecular weight is 289 g/mol. The van der Waals surface area contributed by atoms with Crippen LogP contribution in [0.5, 0.6) is 0 Å². The van der Waals surface area contributed by atoms with E-state index in [2.05, 4.69) is 0 Å². The number of carbonyl (C=O) groups excluding carboxylic acids is 1. The van der Waals surface area contributed by atoms with Crippen LogP contribution in [0.2, 0.25) is 0 Å². The molecule has 1 saturated heterocycles. The van der Waals surface area contributed by atoms with Crippen LogP contribution < -0.4 is 0 Å². The molecule has 20 heavy (non-hydrogen) atoms. The van der Waals surface area contributed by atoms with Gasteiger partial charge in [0.2, 0.25) is 0 Å². The first kappa shape index (κ1) is 13.1. The summed E-state index contributed by atoms with van der Waals surface area (Å²) in [7, 11) is 0. The van der Waals surface area contributed by atoms with Gasteiger partial charge in [-0.2, -0.15) is 0 Å². The minimum atomic E-state index is -0.752. The zero-order valence-corrected chi connectivity index (χ0v) is 11.7. The summed E-state index contributed by atoms with van der Waals surface area (Å²) in [6.45, 7) is 1.06. The molecule has 1 aliphatic heterocycles. The number of carboxylic acids is 1. The third kappa shape index (κ3) is 2.29. The van der Waals surface area contributed by atoms with Gasteiger partial charge >= 0.3 is 5.97 Å². The fourth-order valence-electron chi connectivity index (χ4n) is 2.64. The lowest BCUT2D eigenvalue weighted by Gasteiger charge is -2.30. The number of nitrogens with zero attached hydrogens (tertiary/aromatic N) is 1. The number of aliphatic carboxylic acids is 1. The van der Waals surface area contributed by atoms with Crippen molar-refractivity contribution in [2.75, 3.05) is 13.1 Å². The van der Waals surface area contributed by atoms with Crippen molar-refractivity contribution in [3.05, 3.63) is 35.2 Å². The van der Waals surface area contributed by atoms with Crippen LogP contribution in [-0.2, 0) is 4.79 Å². The topological polar surface area (TPSA) is 57.6 Å². The maximum absolute atomic E-state index is 12.5. The number of carboxylic acid groups (broad SMARTS) is 1. The van der Waals surface area contributed by atoms with E-state index in [0.717, 1.165) is 15.6 Å². The molecule has 1 fully saturated rings. The molecule has 104 valence electrons. The van der Waals surface area contributed by atoms with Gasteiger partial charge in [-0.3, -0.25) is 9.59 Å². The van der Waals surface area contributed by atoms with E-state index in [1.54, 1.807) is 16.2 Å². The molecular formula is C15H15NO3S. The van der Waals surface area contributed by atoms with Crippen LogP contribution in [0.1, 0.15) is 23.2 Å². The number of benzene rings is 1. The Labute approximate surface area is 120 Å². The van der Waals surface area contributed by atoms with E-state index in [1.807, 2.05) is 29.6 Å². The lowest BCUT2D eigenvalue weighted by molar-refractivity contribution is -0.143. The highest BCUT2D eigenvalue weighted by Gasteiger charge is 2.28. The van der Waals surface area contributed by atoms with Gasteiger partial charge in [0.1, 0.15) is 0 Å². The maximum Gasteiger partial charge on any atom is 0.306 e. The van der Waals surface area contributed by atoms with Crippen molar-refractivity contribution in [2.45, 2.75) is 12.8 Å². The Balaban J connectivity index is 1.78. The number of hydrogen-bond donors (Lipinski definition) is 1. The zero-order chi connectivity index (χ0) is 14.1. The monoisotopic (exact) mass is 289 g/mol. The highest BCUT2D eigenvalue weighted by molar-refractivity contribution is 7.17. The Morgan fingerprint density at radius 2 is 1.90 bits per heavy atom. The Morgan fingerprint density at radius 1 is 1.20 bits per heavy atom. The van der Waals surface area contributed by atoms with Crippen molar-refractivity contribution >= 4 is 33.3 Å². The van der Waals surface area contributed by atoms with Gasteiger partial charge in [-0.25, -0.2) is 0 Å². The molecule has 0 unspecified atom stereocenters. The van der Waals surface area contributed by atoms with Crippen molar-refractivity contribution in [3.8, 4) is 0 Å². The van der Waals surface area contributed by atoms with Crippen LogP contribution in [0.3, 0.4) is 0 Å². The minimum Gasteiger partial charge on any atom is -0.481 e. The first-order valence-electron chi connectivity index (χ1n) is 6.65. The van der Waals surface area contributed by atoms with Gasteiger partial charge in [-0.1, -0.05) is 18.2 Å². The van der Waals surface area contributed by atoms with Gasteiger partial charge in [0, 0.05) is 28.6 Å². The number of rotatable bonds is 2. The van der Waals surface area contributed by atoms with Crippen molar-refractivity contribution in [1.82, 2.24) is 4.90 Å². The first-order valence-corrected chi connectivity index (χ1v) is 7.53. The molecule has 1 aromatic heterocycles. The standard InChI is InChI=1S/C15H15NO3S/c17-14(16-7-5-10(6-8-16)15(18)19)12-9-20-13-4-2-1-3-11(12)13/h1-4,9-10H,5-8H2,(H,18,19). The van der Waals surface area contributed by atoms with Gasteiger partial charge < -0.3 is 10.0 Å². The predicted molar refractivity (Wildman–Crippen MR) is 78.1 cm³/mol. The summed E-state index contributed by atoms with van der Waals surface area (Å²) in [5.41, 5.74) is 0.736. The number of amides is 1. The van der Waals surface area contributed by atoms with Gasteiger partial charge in [0.05, 0.1) is 11.5 Å². The molecule has 1 N–H and O–H groups in total.